The average molecular weight is 194 g/mol. The number of aryl methyl sites for hydroxylation is 1. The largest absolute Gasteiger partial charge is 0.707 e. The molecule has 2 N–H and O–H groups in total. The summed E-state index contributed by atoms with van der Waals surface area (Å²) in [6, 6.07) is 5.42. The Bertz CT molecular complexity index is 327. The van der Waals surface area contributed by atoms with Crippen LogP contribution in [0.15, 0.2) is 18.2 Å². The Morgan fingerprint density at radius 3 is 3.00 bits per heavy atom. The Kier molecular flexibility index (Phi) is 2.61. The second kappa shape index (κ2) is 3.90. The third-order valence-corrected chi connectivity index (χ3v) is 2.13. The first-order valence-corrected chi connectivity index (χ1v) is 4.55. The number of benzene rings is 1. The predicted molar refractivity (Wildman–Crippen MR) is 51.1 cm³/mol. The molecular weight excluding hydrogens is 183 g/mol. The normalized spacial score (nSPS) is 14.1. The van der Waals surface area contributed by atoms with Crippen molar-refractivity contribution in [1.82, 2.24) is 0 Å². The molecule has 0 radical (unpaired) electrons. The van der Waals surface area contributed by atoms with Gasteiger partial charge in [0.05, 0.1) is 6.61 Å². The van der Waals surface area contributed by atoms with Gasteiger partial charge < -0.3 is 19.4 Å². The molecule has 14 heavy (non-hydrogen) atoms. The van der Waals surface area contributed by atoms with Crippen molar-refractivity contribution in [1.29, 1.82) is 0 Å². The maximum Gasteiger partial charge on any atom is 0.707 e. The summed E-state index contributed by atoms with van der Waals surface area (Å²) >= 11 is 0. The number of para-hydroxylation sites is 1. The Morgan fingerprint density at radius 1 is 1.36 bits per heavy atom. The molecular formula is C9H11BO4. The van der Waals surface area contributed by atoms with Crippen LogP contribution in [0.5, 0.6) is 11.5 Å². The van der Waals surface area contributed by atoms with Gasteiger partial charge in [-0.3, -0.25) is 0 Å². The van der Waals surface area contributed by atoms with Gasteiger partial charge in [0, 0.05) is 0 Å². The molecule has 0 saturated carbocycles. The molecule has 0 aliphatic carbocycles. The molecule has 1 heterocycles. The summed E-state index contributed by atoms with van der Waals surface area (Å²) in [4.78, 5) is 0. The van der Waals surface area contributed by atoms with Crippen molar-refractivity contribution in [3.8, 4) is 11.5 Å². The highest BCUT2D eigenvalue weighted by Crippen LogP contribution is 2.34. The molecule has 2 rings (SSSR count). The minimum Gasteiger partial charge on any atom is -0.509 e. The van der Waals surface area contributed by atoms with Crippen molar-refractivity contribution in [2.45, 2.75) is 12.8 Å². The standard InChI is InChI=1S/C9H11BO4/c11-10(12)14-8-5-1-3-7-4-2-6-13-9(7)8/h1,3,5,11-12H,2,4,6H2. The second-order valence-electron chi connectivity index (χ2n) is 3.14. The van der Waals surface area contributed by atoms with E-state index in [0.29, 0.717) is 18.1 Å². The summed E-state index contributed by atoms with van der Waals surface area (Å²) in [5.74, 6) is 1.02. The predicted octanol–water partition coefficient (Wildman–Crippen LogP) is 0.360. The highest BCUT2D eigenvalue weighted by Gasteiger charge is 2.19. The maximum atomic E-state index is 8.69. The number of hydrogen-bond acceptors (Lipinski definition) is 4. The van der Waals surface area contributed by atoms with Crippen LogP contribution in [0.25, 0.3) is 0 Å². The van der Waals surface area contributed by atoms with Crippen molar-refractivity contribution in [3.63, 3.8) is 0 Å². The summed E-state index contributed by atoms with van der Waals surface area (Å²) < 4.78 is 10.2. The fourth-order valence-electron chi connectivity index (χ4n) is 1.57. The quantitative estimate of drug-likeness (QED) is 0.667. The minimum absolute atomic E-state index is 0.386. The number of hydrogen-bond donors (Lipinski definition) is 2. The lowest BCUT2D eigenvalue weighted by atomic mass is 10.1. The van der Waals surface area contributed by atoms with Crippen LogP contribution in [0.1, 0.15) is 12.0 Å². The molecule has 74 valence electrons. The molecule has 0 aromatic heterocycles. The van der Waals surface area contributed by atoms with Gasteiger partial charge in [0.2, 0.25) is 0 Å². The van der Waals surface area contributed by atoms with E-state index in [9.17, 15) is 0 Å². The Hall–Kier alpha value is -1.20. The first-order chi connectivity index (χ1) is 6.77. The van der Waals surface area contributed by atoms with Crippen molar-refractivity contribution in [2.75, 3.05) is 6.61 Å². The third kappa shape index (κ3) is 1.83. The maximum absolute atomic E-state index is 8.69. The van der Waals surface area contributed by atoms with Crippen molar-refractivity contribution < 1.29 is 19.4 Å². The van der Waals surface area contributed by atoms with Crippen LogP contribution in [0.2, 0.25) is 0 Å². The molecule has 0 bridgehead atoms. The van der Waals surface area contributed by atoms with Gasteiger partial charge in [0.25, 0.3) is 0 Å². The van der Waals surface area contributed by atoms with E-state index in [-0.39, 0.29) is 0 Å². The summed E-state index contributed by atoms with van der Waals surface area (Å²) in [6.07, 6.45) is 1.92. The van der Waals surface area contributed by atoms with Gasteiger partial charge in [-0.15, -0.1) is 0 Å². The number of fused-ring (bicyclic) bond motifs is 1. The molecule has 5 heteroatoms. The van der Waals surface area contributed by atoms with Gasteiger partial charge in [-0.25, -0.2) is 0 Å². The van der Waals surface area contributed by atoms with E-state index >= 15 is 0 Å². The van der Waals surface area contributed by atoms with Crippen LogP contribution in [0, 0.1) is 0 Å². The SMILES string of the molecule is OB(O)Oc1cccc2c1OCCC2. The van der Waals surface area contributed by atoms with Gasteiger partial charge in [0.15, 0.2) is 5.75 Å². The van der Waals surface area contributed by atoms with E-state index in [1.54, 1.807) is 6.07 Å². The van der Waals surface area contributed by atoms with Crippen LogP contribution in [-0.4, -0.2) is 24.0 Å². The van der Waals surface area contributed by atoms with Gasteiger partial charge >= 0.3 is 7.32 Å². The highest BCUT2D eigenvalue weighted by atomic mass is 16.6. The van der Waals surface area contributed by atoms with Crippen LogP contribution in [0.4, 0.5) is 0 Å². The zero-order valence-electron chi connectivity index (χ0n) is 7.64. The monoisotopic (exact) mass is 194 g/mol. The van der Waals surface area contributed by atoms with E-state index < -0.39 is 7.32 Å². The molecule has 0 saturated heterocycles. The molecule has 0 spiro atoms. The minimum atomic E-state index is -1.80. The lowest BCUT2D eigenvalue weighted by Crippen LogP contribution is -2.22. The van der Waals surface area contributed by atoms with E-state index in [4.69, 9.17) is 19.4 Å². The lowest BCUT2D eigenvalue weighted by molar-refractivity contribution is 0.254. The number of ether oxygens (including phenoxy) is 1. The molecule has 1 aliphatic heterocycles. The van der Waals surface area contributed by atoms with Gasteiger partial charge in [-0.2, -0.15) is 0 Å². The van der Waals surface area contributed by atoms with Crippen LogP contribution in [-0.2, 0) is 6.42 Å². The van der Waals surface area contributed by atoms with Crippen LogP contribution < -0.4 is 9.39 Å². The summed E-state index contributed by atoms with van der Waals surface area (Å²) in [5.41, 5.74) is 1.05. The van der Waals surface area contributed by atoms with Crippen LogP contribution in [0.3, 0.4) is 0 Å². The average Bonchev–Trinajstić information content (AvgIpc) is 2.18. The van der Waals surface area contributed by atoms with Gasteiger partial charge in [-0.05, 0) is 24.5 Å². The fraction of sp³-hybridized carbons (Fsp3) is 0.333. The Balaban J connectivity index is 2.30. The van der Waals surface area contributed by atoms with E-state index in [1.165, 1.54) is 0 Å². The lowest BCUT2D eigenvalue weighted by Gasteiger charge is -2.20. The van der Waals surface area contributed by atoms with Gasteiger partial charge in [-0.1, -0.05) is 12.1 Å². The molecule has 0 amide bonds. The highest BCUT2D eigenvalue weighted by molar-refractivity contribution is 6.33. The number of rotatable bonds is 2. The molecule has 0 unspecified atom stereocenters. The fourth-order valence-corrected chi connectivity index (χ4v) is 1.57. The first kappa shape index (κ1) is 9.36. The Labute approximate surface area is 82.3 Å². The molecule has 1 aliphatic rings. The second-order valence-corrected chi connectivity index (χ2v) is 3.14. The third-order valence-electron chi connectivity index (χ3n) is 2.13. The summed E-state index contributed by atoms with van der Waals surface area (Å²) in [5, 5.41) is 17.4. The van der Waals surface area contributed by atoms with Crippen molar-refractivity contribution in [2.24, 2.45) is 0 Å². The summed E-state index contributed by atoms with van der Waals surface area (Å²) in [6.45, 7) is 0.648. The van der Waals surface area contributed by atoms with E-state index in [2.05, 4.69) is 0 Å². The topological polar surface area (TPSA) is 58.9 Å². The molecule has 1 aromatic rings. The van der Waals surface area contributed by atoms with Gasteiger partial charge in [0.1, 0.15) is 5.75 Å². The first-order valence-electron chi connectivity index (χ1n) is 4.55. The zero-order chi connectivity index (χ0) is 9.97. The Morgan fingerprint density at radius 2 is 2.21 bits per heavy atom. The van der Waals surface area contributed by atoms with Crippen molar-refractivity contribution >= 4 is 7.32 Å². The summed E-state index contributed by atoms with van der Waals surface area (Å²) in [7, 11) is -1.80. The molecule has 1 aromatic carbocycles. The molecule has 4 nitrogen and oxygen atoms in total. The smallest absolute Gasteiger partial charge is 0.509 e. The van der Waals surface area contributed by atoms with E-state index in [1.807, 2.05) is 12.1 Å². The van der Waals surface area contributed by atoms with Crippen LogP contribution >= 0.6 is 0 Å². The van der Waals surface area contributed by atoms with E-state index in [0.717, 1.165) is 18.4 Å². The molecule has 0 atom stereocenters. The molecule has 0 fully saturated rings. The zero-order valence-corrected chi connectivity index (χ0v) is 7.64. The van der Waals surface area contributed by atoms with Crippen molar-refractivity contribution in [3.05, 3.63) is 23.8 Å².